The van der Waals surface area contributed by atoms with E-state index < -0.39 is 0 Å². The Morgan fingerprint density at radius 1 is 1.00 bits per heavy atom. The Balaban J connectivity index is 1.39. The molecule has 160 valence electrons. The van der Waals surface area contributed by atoms with Crippen LogP contribution in [-0.2, 0) is 16.1 Å². The standard InChI is InChI=1S/C25H27N3O3/c1-17-3-5-19(6-4-17)16-26-24(30)20-7-9-21(10-8-20)28-23(29)15-22(25(28)31)27-13-11-18(2)12-14-27/h3-10,15,18H,11-14,16H2,1-2H3,(H,26,30). The number of likely N-dealkylation sites (tertiary alicyclic amines) is 1. The molecule has 0 spiro atoms. The van der Waals surface area contributed by atoms with Gasteiger partial charge in [0.1, 0.15) is 5.70 Å². The Morgan fingerprint density at radius 2 is 1.65 bits per heavy atom. The van der Waals surface area contributed by atoms with E-state index in [9.17, 15) is 14.4 Å². The maximum atomic E-state index is 12.9. The number of hydrogen-bond acceptors (Lipinski definition) is 4. The summed E-state index contributed by atoms with van der Waals surface area (Å²) in [6, 6.07) is 14.5. The average Bonchev–Trinajstić information content (AvgIpc) is 3.07. The Kier molecular flexibility index (Phi) is 5.89. The fraction of sp³-hybridized carbons (Fsp3) is 0.320. The zero-order chi connectivity index (χ0) is 22.0. The number of hydrogen-bond donors (Lipinski definition) is 1. The molecular weight excluding hydrogens is 390 g/mol. The summed E-state index contributed by atoms with van der Waals surface area (Å²) in [6.07, 6.45) is 3.47. The largest absolute Gasteiger partial charge is 0.367 e. The number of carbonyl (C=O) groups excluding carboxylic acids is 3. The predicted octanol–water partition coefficient (Wildman–Crippen LogP) is 3.41. The second kappa shape index (κ2) is 8.76. The van der Waals surface area contributed by atoms with Crippen molar-refractivity contribution in [3.8, 4) is 0 Å². The molecule has 1 saturated heterocycles. The van der Waals surface area contributed by atoms with Gasteiger partial charge in [-0.3, -0.25) is 14.4 Å². The molecule has 6 nitrogen and oxygen atoms in total. The molecule has 0 radical (unpaired) electrons. The van der Waals surface area contributed by atoms with E-state index in [2.05, 4.69) is 12.2 Å². The van der Waals surface area contributed by atoms with E-state index in [0.29, 0.717) is 29.4 Å². The molecule has 2 heterocycles. The van der Waals surface area contributed by atoms with Crippen molar-refractivity contribution in [3.05, 3.63) is 77.0 Å². The van der Waals surface area contributed by atoms with Crippen LogP contribution < -0.4 is 10.2 Å². The molecule has 1 N–H and O–H groups in total. The van der Waals surface area contributed by atoms with Crippen LogP contribution in [0.2, 0.25) is 0 Å². The van der Waals surface area contributed by atoms with Crippen molar-refractivity contribution >= 4 is 23.4 Å². The number of rotatable bonds is 5. The van der Waals surface area contributed by atoms with Crippen molar-refractivity contribution in [2.75, 3.05) is 18.0 Å². The molecule has 31 heavy (non-hydrogen) atoms. The molecule has 2 aliphatic rings. The maximum absolute atomic E-state index is 12.9. The van der Waals surface area contributed by atoms with Gasteiger partial charge in [0, 0.05) is 31.3 Å². The number of carbonyl (C=O) groups is 3. The van der Waals surface area contributed by atoms with Crippen LogP contribution in [0.4, 0.5) is 5.69 Å². The zero-order valence-electron chi connectivity index (χ0n) is 17.9. The molecular formula is C25H27N3O3. The molecule has 2 aromatic carbocycles. The van der Waals surface area contributed by atoms with E-state index in [1.807, 2.05) is 36.1 Å². The highest BCUT2D eigenvalue weighted by Crippen LogP contribution is 2.27. The van der Waals surface area contributed by atoms with Gasteiger partial charge in [-0.05, 0) is 55.5 Å². The van der Waals surface area contributed by atoms with Gasteiger partial charge >= 0.3 is 0 Å². The third-order valence-electron chi connectivity index (χ3n) is 5.99. The van der Waals surface area contributed by atoms with E-state index >= 15 is 0 Å². The third kappa shape index (κ3) is 4.53. The van der Waals surface area contributed by atoms with Gasteiger partial charge in [0.05, 0.1) is 5.69 Å². The number of piperidine rings is 1. The second-order valence-electron chi connectivity index (χ2n) is 8.39. The van der Waals surface area contributed by atoms with Gasteiger partial charge in [-0.1, -0.05) is 36.8 Å². The Hall–Kier alpha value is -3.41. The highest BCUT2D eigenvalue weighted by atomic mass is 16.2. The van der Waals surface area contributed by atoms with Gasteiger partial charge in [0.15, 0.2) is 0 Å². The van der Waals surface area contributed by atoms with Crippen molar-refractivity contribution in [1.82, 2.24) is 10.2 Å². The molecule has 6 heteroatoms. The summed E-state index contributed by atoms with van der Waals surface area (Å²) in [5, 5.41) is 2.89. The zero-order valence-corrected chi connectivity index (χ0v) is 17.9. The lowest BCUT2D eigenvalue weighted by molar-refractivity contribution is -0.121. The summed E-state index contributed by atoms with van der Waals surface area (Å²) < 4.78 is 0. The van der Waals surface area contributed by atoms with E-state index in [1.54, 1.807) is 24.3 Å². The van der Waals surface area contributed by atoms with Crippen molar-refractivity contribution in [2.45, 2.75) is 33.2 Å². The fourth-order valence-corrected chi connectivity index (χ4v) is 3.93. The van der Waals surface area contributed by atoms with Gasteiger partial charge in [0.2, 0.25) is 0 Å². The normalized spacial score (nSPS) is 17.2. The maximum Gasteiger partial charge on any atom is 0.281 e. The lowest BCUT2D eigenvalue weighted by Crippen LogP contribution is -2.38. The minimum absolute atomic E-state index is 0.201. The SMILES string of the molecule is Cc1ccc(CNC(=O)c2ccc(N3C(=O)C=C(N4CCC(C)CC4)C3=O)cc2)cc1. The number of aryl methyl sites for hydroxylation is 1. The monoisotopic (exact) mass is 417 g/mol. The van der Waals surface area contributed by atoms with E-state index in [0.717, 1.165) is 31.5 Å². The van der Waals surface area contributed by atoms with Crippen LogP contribution in [0.15, 0.2) is 60.3 Å². The smallest absolute Gasteiger partial charge is 0.281 e. The first-order chi connectivity index (χ1) is 14.9. The molecule has 4 rings (SSSR count). The number of amides is 3. The molecule has 0 atom stereocenters. The number of nitrogens with one attached hydrogen (secondary N) is 1. The molecule has 0 saturated carbocycles. The summed E-state index contributed by atoms with van der Waals surface area (Å²) in [4.78, 5) is 41.1. The molecule has 0 aliphatic carbocycles. The van der Waals surface area contributed by atoms with E-state index in [1.165, 1.54) is 16.5 Å². The van der Waals surface area contributed by atoms with Crippen molar-refractivity contribution in [3.63, 3.8) is 0 Å². The Bertz CT molecular complexity index is 1020. The number of benzene rings is 2. The quantitative estimate of drug-likeness (QED) is 0.757. The minimum Gasteiger partial charge on any atom is -0.367 e. The summed E-state index contributed by atoms with van der Waals surface area (Å²) in [7, 11) is 0. The fourth-order valence-electron chi connectivity index (χ4n) is 3.93. The summed E-state index contributed by atoms with van der Waals surface area (Å²) >= 11 is 0. The first-order valence-electron chi connectivity index (χ1n) is 10.7. The number of anilines is 1. The van der Waals surface area contributed by atoms with Crippen LogP contribution in [0.1, 0.15) is 41.3 Å². The molecule has 0 aromatic heterocycles. The van der Waals surface area contributed by atoms with Crippen molar-refractivity contribution < 1.29 is 14.4 Å². The number of nitrogens with zero attached hydrogens (tertiary/aromatic N) is 2. The molecule has 1 fully saturated rings. The third-order valence-corrected chi connectivity index (χ3v) is 5.99. The van der Waals surface area contributed by atoms with Crippen LogP contribution in [-0.4, -0.2) is 35.7 Å². The van der Waals surface area contributed by atoms with Gasteiger partial charge < -0.3 is 10.2 Å². The predicted molar refractivity (Wildman–Crippen MR) is 119 cm³/mol. The van der Waals surface area contributed by atoms with Gasteiger partial charge in [-0.25, -0.2) is 4.90 Å². The molecule has 0 bridgehead atoms. The van der Waals surface area contributed by atoms with Crippen LogP contribution in [0.5, 0.6) is 0 Å². The summed E-state index contributed by atoms with van der Waals surface area (Å²) in [6.45, 7) is 6.25. The summed E-state index contributed by atoms with van der Waals surface area (Å²) in [5.41, 5.74) is 3.62. The molecule has 0 unspecified atom stereocenters. The number of imide groups is 1. The van der Waals surface area contributed by atoms with Crippen LogP contribution in [0.3, 0.4) is 0 Å². The highest BCUT2D eigenvalue weighted by molar-refractivity contribution is 6.30. The van der Waals surface area contributed by atoms with Crippen LogP contribution in [0.25, 0.3) is 0 Å². The van der Waals surface area contributed by atoms with Gasteiger partial charge in [-0.2, -0.15) is 0 Å². The minimum atomic E-state index is -0.338. The van der Waals surface area contributed by atoms with Crippen molar-refractivity contribution in [1.29, 1.82) is 0 Å². The van der Waals surface area contributed by atoms with Gasteiger partial charge in [-0.15, -0.1) is 0 Å². The van der Waals surface area contributed by atoms with Gasteiger partial charge in [0.25, 0.3) is 17.7 Å². The highest BCUT2D eigenvalue weighted by Gasteiger charge is 2.36. The van der Waals surface area contributed by atoms with Crippen LogP contribution >= 0.6 is 0 Å². The second-order valence-corrected chi connectivity index (χ2v) is 8.39. The first kappa shape index (κ1) is 20.8. The summed E-state index contributed by atoms with van der Waals surface area (Å²) in [5.74, 6) is -0.191. The molecule has 2 aliphatic heterocycles. The van der Waals surface area contributed by atoms with Crippen molar-refractivity contribution in [2.24, 2.45) is 5.92 Å². The molecule has 2 aromatic rings. The Labute approximate surface area is 182 Å². The average molecular weight is 418 g/mol. The lowest BCUT2D eigenvalue weighted by Gasteiger charge is -2.32. The van der Waals surface area contributed by atoms with E-state index in [4.69, 9.17) is 0 Å². The van der Waals surface area contributed by atoms with E-state index in [-0.39, 0.29) is 17.7 Å². The Morgan fingerprint density at radius 3 is 2.29 bits per heavy atom. The topological polar surface area (TPSA) is 69.7 Å². The molecule has 3 amide bonds. The lowest BCUT2D eigenvalue weighted by atomic mass is 9.99. The van der Waals surface area contributed by atoms with Crippen LogP contribution in [0, 0.1) is 12.8 Å². The first-order valence-corrected chi connectivity index (χ1v) is 10.7.